The third-order valence-electron chi connectivity index (χ3n) is 4.00. The Labute approximate surface area is 128 Å². The molecule has 0 aromatic carbocycles. The van der Waals surface area contributed by atoms with Crippen molar-refractivity contribution in [1.82, 2.24) is 0 Å². The fraction of sp³-hybridized carbons (Fsp3) is 0.615. The Balaban J connectivity index is 2.56. The topological polar surface area (TPSA) is 38.4 Å². The zero-order chi connectivity index (χ0) is 15.0. The molecule has 0 amide bonds. The third-order valence-corrected chi connectivity index (χ3v) is 5.53. The standard InChI is InChI=1S/C13H16BrF3N2S/c1-12(6-8(14)2-3-9(12)15)13(11(16)17)4-5-20-7-10(18)19-13/h2-3,11H,4-7H2,1H3,(H2,18,19). The number of alkyl halides is 2. The Morgan fingerprint density at radius 2 is 2.15 bits per heavy atom. The summed E-state index contributed by atoms with van der Waals surface area (Å²) in [5.74, 6) is 0.489. The summed E-state index contributed by atoms with van der Waals surface area (Å²) in [5, 5.41) is 0. The molecule has 2 atom stereocenters. The van der Waals surface area contributed by atoms with Gasteiger partial charge in [-0.1, -0.05) is 22.9 Å². The molecule has 0 aromatic heterocycles. The molecular weight excluding hydrogens is 353 g/mol. The second-order valence-electron chi connectivity index (χ2n) is 5.27. The lowest BCUT2D eigenvalue weighted by Crippen LogP contribution is -2.53. The molecule has 2 rings (SSSR count). The van der Waals surface area contributed by atoms with Crippen LogP contribution in [0.3, 0.4) is 0 Å². The van der Waals surface area contributed by atoms with E-state index in [-0.39, 0.29) is 18.7 Å². The molecule has 112 valence electrons. The molecule has 0 bridgehead atoms. The number of aliphatic imine (C=N–C) groups is 1. The van der Waals surface area contributed by atoms with Gasteiger partial charge in [0.2, 0.25) is 0 Å². The van der Waals surface area contributed by atoms with E-state index in [1.54, 1.807) is 6.08 Å². The van der Waals surface area contributed by atoms with Crippen LogP contribution < -0.4 is 5.73 Å². The van der Waals surface area contributed by atoms with E-state index in [1.807, 2.05) is 0 Å². The summed E-state index contributed by atoms with van der Waals surface area (Å²) in [6, 6.07) is 0. The number of nitrogens with two attached hydrogens (primary N) is 1. The quantitative estimate of drug-likeness (QED) is 0.798. The Morgan fingerprint density at radius 3 is 2.80 bits per heavy atom. The van der Waals surface area contributed by atoms with Crippen molar-refractivity contribution in [1.29, 1.82) is 0 Å². The SMILES string of the molecule is CC1(C2(C(F)F)CCSCC(N)=N2)CC(Br)=CC=C1F. The summed E-state index contributed by atoms with van der Waals surface area (Å²) in [4.78, 5) is 4.08. The number of rotatable bonds is 2. The minimum absolute atomic E-state index is 0.105. The minimum Gasteiger partial charge on any atom is -0.387 e. The van der Waals surface area contributed by atoms with Gasteiger partial charge < -0.3 is 5.73 Å². The van der Waals surface area contributed by atoms with Gasteiger partial charge in [0.05, 0.1) is 11.2 Å². The highest BCUT2D eigenvalue weighted by molar-refractivity contribution is 9.11. The molecular formula is C13H16BrF3N2S. The number of allylic oxidation sites excluding steroid dienone is 3. The first kappa shape index (κ1) is 15.9. The number of halogens is 4. The van der Waals surface area contributed by atoms with Gasteiger partial charge in [0.15, 0.2) is 0 Å². The van der Waals surface area contributed by atoms with Gasteiger partial charge in [-0.05, 0) is 35.2 Å². The summed E-state index contributed by atoms with van der Waals surface area (Å²) in [6.07, 6.45) is 0.271. The maximum atomic E-state index is 14.4. The van der Waals surface area contributed by atoms with E-state index >= 15 is 0 Å². The molecule has 0 saturated carbocycles. The Kier molecular flexibility index (Phi) is 4.59. The van der Waals surface area contributed by atoms with E-state index in [9.17, 15) is 13.2 Å². The second-order valence-corrected chi connectivity index (χ2v) is 7.39. The fourth-order valence-electron chi connectivity index (χ4n) is 2.74. The van der Waals surface area contributed by atoms with Gasteiger partial charge in [-0.3, -0.25) is 4.99 Å². The average Bonchev–Trinajstić information content (AvgIpc) is 2.57. The van der Waals surface area contributed by atoms with E-state index in [4.69, 9.17) is 5.73 Å². The monoisotopic (exact) mass is 368 g/mol. The molecule has 2 N–H and O–H groups in total. The lowest BCUT2D eigenvalue weighted by atomic mass is 9.65. The molecule has 2 unspecified atom stereocenters. The van der Waals surface area contributed by atoms with Crippen molar-refractivity contribution in [2.45, 2.75) is 31.7 Å². The van der Waals surface area contributed by atoms with E-state index in [2.05, 4.69) is 20.9 Å². The molecule has 20 heavy (non-hydrogen) atoms. The van der Waals surface area contributed by atoms with Crippen molar-refractivity contribution in [3.63, 3.8) is 0 Å². The summed E-state index contributed by atoms with van der Waals surface area (Å²) < 4.78 is 42.8. The van der Waals surface area contributed by atoms with Crippen LogP contribution in [0.1, 0.15) is 19.8 Å². The van der Waals surface area contributed by atoms with Gasteiger partial charge in [-0.25, -0.2) is 13.2 Å². The highest BCUT2D eigenvalue weighted by Gasteiger charge is 2.58. The van der Waals surface area contributed by atoms with Crippen LogP contribution in [0.15, 0.2) is 27.5 Å². The maximum absolute atomic E-state index is 14.4. The molecule has 0 aromatic rings. The molecule has 1 aliphatic carbocycles. The Morgan fingerprint density at radius 1 is 1.45 bits per heavy atom. The number of hydrogen-bond acceptors (Lipinski definition) is 3. The van der Waals surface area contributed by atoms with Gasteiger partial charge in [-0.2, -0.15) is 11.8 Å². The molecule has 7 heteroatoms. The first-order valence-electron chi connectivity index (χ1n) is 6.24. The predicted molar refractivity (Wildman–Crippen MR) is 81.2 cm³/mol. The van der Waals surface area contributed by atoms with Crippen molar-refractivity contribution in [2.24, 2.45) is 16.1 Å². The molecule has 0 saturated heterocycles. The predicted octanol–water partition coefficient (Wildman–Crippen LogP) is 4.03. The van der Waals surface area contributed by atoms with Crippen LogP contribution >= 0.6 is 27.7 Å². The van der Waals surface area contributed by atoms with Gasteiger partial charge in [0.1, 0.15) is 17.2 Å². The third kappa shape index (κ3) is 2.54. The lowest BCUT2D eigenvalue weighted by Gasteiger charge is -2.45. The highest BCUT2D eigenvalue weighted by atomic mass is 79.9. The van der Waals surface area contributed by atoms with Crippen molar-refractivity contribution >= 4 is 33.5 Å². The molecule has 1 aliphatic heterocycles. The van der Waals surface area contributed by atoms with E-state index in [0.717, 1.165) is 0 Å². The summed E-state index contributed by atoms with van der Waals surface area (Å²) in [6.45, 7) is 1.51. The van der Waals surface area contributed by atoms with Crippen LogP contribution in [0.4, 0.5) is 13.2 Å². The zero-order valence-electron chi connectivity index (χ0n) is 11.0. The molecule has 0 radical (unpaired) electrons. The Bertz CT molecular complexity index is 492. The van der Waals surface area contributed by atoms with Crippen LogP contribution in [-0.2, 0) is 0 Å². The fourth-order valence-corrected chi connectivity index (χ4v) is 4.30. The van der Waals surface area contributed by atoms with Crippen LogP contribution in [0.2, 0.25) is 0 Å². The van der Waals surface area contributed by atoms with Gasteiger partial charge in [0.25, 0.3) is 6.43 Å². The van der Waals surface area contributed by atoms with Crippen molar-refractivity contribution in [3.05, 3.63) is 22.5 Å². The second kappa shape index (κ2) is 5.75. The number of thioether (sulfide) groups is 1. The minimum atomic E-state index is -2.78. The van der Waals surface area contributed by atoms with E-state index in [1.165, 1.54) is 24.8 Å². The number of nitrogens with zero attached hydrogens (tertiary/aromatic N) is 1. The van der Waals surface area contributed by atoms with Crippen LogP contribution in [0, 0.1) is 5.41 Å². The molecule has 0 fully saturated rings. The van der Waals surface area contributed by atoms with Crippen LogP contribution in [-0.4, -0.2) is 29.3 Å². The average molecular weight is 369 g/mol. The van der Waals surface area contributed by atoms with Crippen molar-refractivity contribution in [3.8, 4) is 0 Å². The molecule has 2 nitrogen and oxygen atoms in total. The van der Waals surface area contributed by atoms with E-state index in [0.29, 0.717) is 16.0 Å². The largest absolute Gasteiger partial charge is 0.387 e. The first-order valence-corrected chi connectivity index (χ1v) is 8.19. The van der Waals surface area contributed by atoms with Crippen LogP contribution in [0.5, 0.6) is 0 Å². The molecule has 1 heterocycles. The van der Waals surface area contributed by atoms with E-state index < -0.39 is 23.2 Å². The maximum Gasteiger partial charge on any atom is 0.264 e. The summed E-state index contributed by atoms with van der Waals surface area (Å²) in [7, 11) is 0. The molecule has 2 aliphatic rings. The van der Waals surface area contributed by atoms with Gasteiger partial charge in [0, 0.05) is 0 Å². The van der Waals surface area contributed by atoms with Crippen LogP contribution in [0.25, 0.3) is 0 Å². The summed E-state index contributed by atoms with van der Waals surface area (Å²) in [5.41, 5.74) is 2.53. The van der Waals surface area contributed by atoms with Crippen molar-refractivity contribution < 1.29 is 13.2 Å². The smallest absolute Gasteiger partial charge is 0.264 e. The normalized spacial score (nSPS) is 35.2. The Hall–Kier alpha value is -0.430. The summed E-state index contributed by atoms with van der Waals surface area (Å²) >= 11 is 4.74. The lowest BCUT2D eigenvalue weighted by molar-refractivity contribution is -0.0187. The first-order chi connectivity index (χ1) is 9.32. The highest BCUT2D eigenvalue weighted by Crippen LogP contribution is 2.54. The van der Waals surface area contributed by atoms with Gasteiger partial charge >= 0.3 is 0 Å². The molecule has 0 spiro atoms. The number of amidine groups is 1. The van der Waals surface area contributed by atoms with Gasteiger partial charge in [-0.15, -0.1) is 0 Å². The number of hydrogen-bond donors (Lipinski definition) is 1. The van der Waals surface area contributed by atoms with Crippen molar-refractivity contribution in [2.75, 3.05) is 11.5 Å². The zero-order valence-corrected chi connectivity index (χ0v) is 13.4.